The molecule has 2 aliphatic heterocycles. The monoisotopic (exact) mass is 392 g/mol. The summed E-state index contributed by atoms with van der Waals surface area (Å²) in [4.78, 5) is 4.15. The zero-order chi connectivity index (χ0) is 19.5. The van der Waals surface area contributed by atoms with Crippen molar-refractivity contribution in [3.63, 3.8) is 0 Å². The molecule has 2 bridgehead atoms. The number of benzene rings is 2. The summed E-state index contributed by atoms with van der Waals surface area (Å²) in [7, 11) is 0. The summed E-state index contributed by atoms with van der Waals surface area (Å²) in [6.45, 7) is 1.89. The highest BCUT2D eigenvalue weighted by Gasteiger charge is 2.63. The van der Waals surface area contributed by atoms with Crippen LogP contribution in [-0.2, 0) is 32.2 Å². The van der Waals surface area contributed by atoms with Crippen molar-refractivity contribution in [3.05, 3.63) is 90.5 Å². The van der Waals surface area contributed by atoms with Crippen molar-refractivity contribution in [3.8, 4) is 0 Å². The highest BCUT2D eigenvalue weighted by atomic mass is 16.7. The summed E-state index contributed by atoms with van der Waals surface area (Å²) in [5.41, 5.74) is 1.62. The summed E-state index contributed by atoms with van der Waals surface area (Å²) in [5.74, 6) is 0. The number of hydrogen-bond donors (Lipinski definition) is 0. The lowest BCUT2D eigenvalue weighted by Gasteiger charge is -2.31. The van der Waals surface area contributed by atoms with Crippen LogP contribution < -0.4 is 0 Å². The molecule has 4 atom stereocenters. The third kappa shape index (κ3) is 3.72. The number of fused-ring (bicyclic) bond motifs is 2. The Morgan fingerprint density at radius 2 is 1.72 bits per heavy atom. The van der Waals surface area contributed by atoms with Gasteiger partial charge in [-0.05, 0) is 11.1 Å². The Kier molecular flexibility index (Phi) is 5.16. The molecular weight excluding hydrogens is 368 g/mol. The fraction of sp³-hybridized carbons (Fsp3) is 0.348. The smallest absolute Gasteiger partial charge is 0.164 e. The van der Waals surface area contributed by atoms with Crippen molar-refractivity contribution >= 4 is 0 Å². The van der Waals surface area contributed by atoms with Crippen LogP contribution in [0.2, 0.25) is 0 Å². The molecule has 2 aromatic carbocycles. The van der Waals surface area contributed by atoms with Gasteiger partial charge >= 0.3 is 0 Å². The molecule has 0 amide bonds. The normalized spacial score (nSPS) is 28.1. The van der Waals surface area contributed by atoms with E-state index in [2.05, 4.69) is 29.2 Å². The second kappa shape index (κ2) is 8.08. The molecule has 0 aliphatic carbocycles. The quantitative estimate of drug-likeness (QED) is 0.588. The maximum Gasteiger partial charge on any atom is 0.164 e. The maximum absolute atomic E-state index is 6.48. The van der Waals surface area contributed by atoms with Crippen LogP contribution in [-0.4, -0.2) is 40.6 Å². The first-order valence-corrected chi connectivity index (χ1v) is 9.88. The molecule has 0 radical (unpaired) electrons. The van der Waals surface area contributed by atoms with Gasteiger partial charge in [0.1, 0.15) is 17.8 Å². The maximum atomic E-state index is 6.48. The summed E-state index contributed by atoms with van der Waals surface area (Å²) >= 11 is 0. The van der Waals surface area contributed by atoms with Crippen molar-refractivity contribution in [2.75, 3.05) is 13.2 Å². The molecule has 1 aromatic heterocycles. The Morgan fingerprint density at radius 1 is 1.00 bits per heavy atom. The van der Waals surface area contributed by atoms with Crippen LogP contribution in [0.1, 0.15) is 17.4 Å². The van der Waals surface area contributed by atoms with Crippen molar-refractivity contribution in [1.29, 1.82) is 0 Å². The van der Waals surface area contributed by atoms with Gasteiger partial charge < -0.3 is 23.5 Å². The number of imidazole rings is 1. The van der Waals surface area contributed by atoms with Crippen molar-refractivity contribution < 1.29 is 18.9 Å². The average Bonchev–Trinajstić information content (AvgIpc) is 3.48. The fourth-order valence-corrected chi connectivity index (χ4v) is 4.08. The lowest BCUT2D eigenvalue weighted by Crippen LogP contribution is -2.46. The topological polar surface area (TPSA) is 54.7 Å². The Labute approximate surface area is 170 Å². The van der Waals surface area contributed by atoms with E-state index in [1.807, 2.05) is 47.2 Å². The van der Waals surface area contributed by atoms with Crippen LogP contribution in [0.4, 0.5) is 0 Å². The number of aromatic nitrogens is 2. The Bertz CT molecular complexity index is 903. The van der Waals surface area contributed by atoms with Crippen LogP contribution in [0, 0.1) is 0 Å². The van der Waals surface area contributed by atoms with Crippen molar-refractivity contribution in [2.24, 2.45) is 0 Å². The minimum Gasteiger partial charge on any atom is -0.374 e. The number of rotatable bonds is 8. The van der Waals surface area contributed by atoms with E-state index in [0.717, 1.165) is 11.1 Å². The standard InChI is InChI=1S/C23H24N2O4/c1-3-7-18(8-4-1)13-26-15-23-16-28-20(22(29-23)25-12-11-24-17-25)21(23)27-14-19-9-5-2-6-10-19/h1-12,17,20-22H,13-16H2/t20-,21+,22-,23+/m1/s1. The fourth-order valence-electron chi connectivity index (χ4n) is 4.08. The molecule has 6 heteroatoms. The second-order valence-electron chi connectivity index (χ2n) is 7.55. The molecule has 150 valence electrons. The van der Waals surface area contributed by atoms with Crippen molar-refractivity contribution in [1.82, 2.24) is 9.55 Å². The van der Waals surface area contributed by atoms with Gasteiger partial charge in [-0.3, -0.25) is 0 Å². The molecule has 3 heterocycles. The first-order chi connectivity index (χ1) is 14.3. The van der Waals surface area contributed by atoms with Gasteiger partial charge in [0, 0.05) is 12.4 Å². The molecule has 2 fully saturated rings. The lowest BCUT2D eigenvalue weighted by molar-refractivity contribution is -0.196. The van der Waals surface area contributed by atoms with Crippen LogP contribution in [0.25, 0.3) is 0 Å². The molecular formula is C23H24N2O4. The van der Waals surface area contributed by atoms with E-state index in [0.29, 0.717) is 26.4 Å². The van der Waals surface area contributed by atoms with Gasteiger partial charge in [-0.2, -0.15) is 0 Å². The second-order valence-corrected chi connectivity index (χ2v) is 7.55. The van der Waals surface area contributed by atoms with E-state index in [1.54, 1.807) is 12.5 Å². The molecule has 0 spiro atoms. The SMILES string of the molecule is c1ccc(COC[C@@]23CO[C@@H]([C@H](n4ccnc4)O2)[C@@H]3OCc2ccccc2)cc1. The van der Waals surface area contributed by atoms with Crippen LogP contribution in [0.5, 0.6) is 0 Å². The molecule has 0 unspecified atom stereocenters. The van der Waals surface area contributed by atoms with Crippen LogP contribution in [0.3, 0.4) is 0 Å². The van der Waals surface area contributed by atoms with E-state index in [-0.39, 0.29) is 18.4 Å². The Morgan fingerprint density at radius 3 is 2.41 bits per heavy atom. The molecule has 0 N–H and O–H groups in total. The Hall–Kier alpha value is -2.51. The molecule has 6 nitrogen and oxygen atoms in total. The largest absolute Gasteiger partial charge is 0.374 e. The summed E-state index contributed by atoms with van der Waals surface area (Å²) in [5, 5.41) is 0. The zero-order valence-corrected chi connectivity index (χ0v) is 16.1. The number of hydrogen-bond acceptors (Lipinski definition) is 5. The van der Waals surface area contributed by atoms with Crippen LogP contribution >= 0.6 is 0 Å². The van der Waals surface area contributed by atoms with E-state index >= 15 is 0 Å². The minimum absolute atomic E-state index is 0.201. The zero-order valence-electron chi connectivity index (χ0n) is 16.1. The summed E-state index contributed by atoms with van der Waals surface area (Å²) in [6.07, 6.45) is 4.70. The Balaban J connectivity index is 1.32. The van der Waals surface area contributed by atoms with Gasteiger partial charge in [-0.25, -0.2) is 4.98 Å². The average molecular weight is 392 g/mol. The van der Waals surface area contributed by atoms with Gasteiger partial charge in [0.05, 0.1) is 32.8 Å². The summed E-state index contributed by atoms with van der Waals surface area (Å²) in [6, 6.07) is 20.3. The van der Waals surface area contributed by atoms with E-state index in [9.17, 15) is 0 Å². The van der Waals surface area contributed by atoms with Gasteiger partial charge in [0.25, 0.3) is 0 Å². The predicted octanol–water partition coefficient (Wildman–Crippen LogP) is 3.35. The molecule has 3 aromatic rings. The third-order valence-electron chi connectivity index (χ3n) is 5.52. The van der Waals surface area contributed by atoms with Gasteiger partial charge in [-0.15, -0.1) is 0 Å². The molecule has 0 saturated carbocycles. The predicted molar refractivity (Wildman–Crippen MR) is 106 cm³/mol. The van der Waals surface area contributed by atoms with Crippen molar-refractivity contribution in [2.45, 2.75) is 37.3 Å². The van der Waals surface area contributed by atoms with Gasteiger partial charge in [-0.1, -0.05) is 60.7 Å². The minimum atomic E-state index is -0.636. The van der Waals surface area contributed by atoms with Gasteiger partial charge in [0.2, 0.25) is 0 Å². The lowest BCUT2D eigenvalue weighted by atomic mass is 10.00. The third-order valence-corrected chi connectivity index (χ3v) is 5.52. The number of ether oxygens (including phenoxy) is 4. The van der Waals surface area contributed by atoms with E-state index in [1.165, 1.54) is 0 Å². The van der Waals surface area contributed by atoms with E-state index in [4.69, 9.17) is 18.9 Å². The highest BCUT2D eigenvalue weighted by molar-refractivity contribution is 5.15. The van der Waals surface area contributed by atoms with Crippen LogP contribution in [0.15, 0.2) is 79.4 Å². The number of nitrogens with zero attached hydrogens (tertiary/aromatic N) is 2. The summed E-state index contributed by atoms with van der Waals surface area (Å²) < 4.78 is 26.9. The molecule has 2 saturated heterocycles. The molecule has 29 heavy (non-hydrogen) atoms. The molecule has 2 aliphatic rings. The van der Waals surface area contributed by atoms with Gasteiger partial charge in [0.15, 0.2) is 6.23 Å². The first-order valence-electron chi connectivity index (χ1n) is 9.88. The van der Waals surface area contributed by atoms with E-state index < -0.39 is 5.60 Å². The molecule has 5 rings (SSSR count). The first kappa shape index (κ1) is 18.5. The highest BCUT2D eigenvalue weighted by Crippen LogP contribution is 2.47.